The van der Waals surface area contributed by atoms with Crippen LogP contribution in [0.3, 0.4) is 0 Å². The fourth-order valence-corrected chi connectivity index (χ4v) is 4.70. The van der Waals surface area contributed by atoms with Gasteiger partial charge in [-0.05, 0) is 51.8 Å². The normalized spacial score (nSPS) is 19.4. The second kappa shape index (κ2) is 10.8. The molecule has 0 fully saturated rings. The van der Waals surface area contributed by atoms with Crippen LogP contribution in [0.15, 0.2) is 34.3 Å². The van der Waals surface area contributed by atoms with E-state index in [0.29, 0.717) is 11.3 Å². The zero-order chi connectivity index (χ0) is 26.8. The lowest BCUT2D eigenvalue weighted by atomic mass is 9.93. The molecule has 0 unspecified atom stereocenters. The summed E-state index contributed by atoms with van der Waals surface area (Å²) in [5.41, 5.74) is 0.385. The van der Waals surface area contributed by atoms with Crippen LogP contribution in [0.4, 0.5) is 13.2 Å². The molecule has 0 heterocycles. The van der Waals surface area contributed by atoms with Gasteiger partial charge in [-0.1, -0.05) is 32.9 Å². The number of carbonyl (C=O) groups is 3. The van der Waals surface area contributed by atoms with Crippen molar-refractivity contribution in [2.45, 2.75) is 70.3 Å². The summed E-state index contributed by atoms with van der Waals surface area (Å²) in [5, 5.41) is -0.389. The second-order valence-corrected chi connectivity index (χ2v) is 15.1. The molecule has 0 radical (unpaired) electrons. The van der Waals surface area contributed by atoms with Gasteiger partial charge in [0, 0.05) is 6.42 Å². The monoisotopic (exact) mass is 580 g/mol. The Kier molecular flexibility index (Phi) is 8.99. The van der Waals surface area contributed by atoms with Gasteiger partial charge < -0.3 is 18.6 Å². The summed E-state index contributed by atoms with van der Waals surface area (Å²) >= 11 is 3.08. The van der Waals surface area contributed by atoms with Gasteiger partial charge in [-0.2, -0.15) is 13.2 Å². The molecule has 0 amide bonds. The van der Waals surface area contributed by atoms with Crippen LogP contribution in [0.1, 0.15) is 32.8 Å². The third kappa shape index (κ3) is 7.17. The van der Waals surface area contributed by atoms with E-state index in [0.717, 1.165) is 0 Å². The highest BCUT2D eigenvalue weighted by Crippen LogP contribution is 2.41. The lowest BCUT2D eigenvalue weighted by molar-refractivity contribution is -0.208. The van der Waals surface area contributed by atoms with Gasteiger partial charge in [0.15, 0.2) is 8.32 Å². The van der Waals surface area contributed by atoms with Crippen LogP contribution in [-0.4, -0.2) is 51.5 Å². The minimum Gasteiger partial charge on any atom is -0.497 e. The molecule has 1 aliphatic rings. The Hall–Kier alpha value is -2.18. The molecule has 2 rings (SSSR count). The number of esters is 2. The topological polar surface area (TPSA) is 88.1 Å². The number of methoxy groups -OCH3 is 1. The van der Waals surface area contributed by atoms with E-state index in [2.05, 4.69) is 20.7 Å². The van der Waals surface area contributed by atoms with Crippen molar-refractivity contribution >= 4 is 42.0 Å². The van der Waals surface area contributed by atoms with Crippen molar-refractivity contribution in [3.05, 3.63) is 39.9 Å². The lowest BCUT2D eigenvalue weighted by Crippen LogP contribution is -2.53. The number of hydrogen-bond donors (Lipinski definition) is 0. The molecule has 0 spiro atoms. The van der Waals surface area contributed by atoms with Crippen molar-refractivity contribution in [1.82, 2.24) is 0 Å². The highest BCUT2D eigenvalue weighted by Gasteiger charge is 2.50. The molecule has 12 heteroatoms. The average molecular weight is 581 g/mol. The average Bonchev–Trinajstić information content (AvgIpc) is 2.75. The Morgan fingerprint density at radius 1 is 1.11 bits per heavy atom. The highest BCUT2D eigenvalue weighted by atomic mass is 79.9. The van der Waals surface area contributed by atoms with Crippen molar-refractivity contribution < 1.29 is 46.2 Å². The van der Waals surface area contributed by atoms with Crippen molar-refractivity contribution in [1.29, 1.82) is 0 Å². The van der Waals surface area contributed by atoms with E-state index in [1.807, 2.05) is 20.8 Å². The Morgan fingerprint density at radius 3 is 2.17 bits per heavy atom. The van der Waals surface area contributed by atoms with Crippen molar-refractivity contribution in [2.75, 3.05) is 7.11 Å². The Labute approximate surface area is 211 Å². The summed E-state index contributed by atoms with van der Waals surface area (Å²) in [6.07, 6.45) is -8.93. The standard InChI is InChI=1S/C23H28BrF3O7Si/c1-22(2,3)35(5,6)34-19-16(33-21(30)23(25,26)27)11-15(17(24)18(19)28)20(29)32-12-13-7-9-14(31-4)10-8-13/h7-10,16,19H,11-12H2,1-6H3/t16-,19+/m1/s1. The zero-order valence-electron chi connectivity index (χ0n) is 20.2. The Balaban J connectivity index is 2.31. The Morgan fingerprint density at radius 2 is 1.69 bits per heavy atom. The number of hydrogen-bond acceptors (Lipinski definition) is 7. The van der Waals surface area contributed by atoms with Gasteiger partial charge in [-0.15, -0.1) is 0 Å². The van der Waals surface area contributed by atoms with Crippen LogP contribution >= 0.6 is 15.9 Å². The van der Waals surface area contributed by atoms with E-state index in [9.17, 15) is 27.6 Å². The molecule has 35 heavy (non-hydrogen) atoms. The third-order valence-electron chi connectivity index (χ3n) is 5.98. The molecule has 0 bridgehead atoms. The molecule has 194 valence electrons. The summed E-state index contributed by atoms with van der Waals surface area (Å²) in [5.74, 6) is -3.59. The van der Waals surface area contributed by atoms with Gasteiger partial charge in [0.1, 0.15) is 24.6 Å². The number of alkyl halides is 3. The number of benzene rings is 1. The minimum absolute atomic E-state index is 0.155. The summed E-state index contributed by atoms with van der Waals surface area (Å²) in [6.45, 7) is 9.11. The highest BCUT2D eigenvalue weighted by molar-refractivity contribution is 9.12. The maximum absolute atomic E-state index is 13.1. The molecule has 0 N–H and O–H groups in total. The van der Waals surface area contributed by atoms with Crippen LogP contribution in [0.2, 0.25) is 18.1 Å². The first-order chi connectivity index (χ1) is 16.0. The van der Waals surface area contributed by atoms with Gasteiger partial charge >= 0.3 is 18.1 Å². The van der Waals surface area contributed by atoms with E-state index in [-0.39, 0.29) is 21.7 Å². The van der Waals surface area contributed by atoms with Crippen molar-refractivity contribution in [3.63, 3.8) is 0 Å². The first kappa shape index (κ1) is 29.0. The van der Waals surface area contributed by atoms with Gasteiger partial charge in [0.05, 0.1) is 17.2 Å². The predicted octanol–water partition coefficient (Wildman–Crippen LogP) is 5.22. The molecule has 7 nitrogen and oxygen atoms in total. The van der Waals surface area contributed by atoms with Crippen LogP contribution in [0, 0.1) is 0 Å². The number of rotatable bonds is 7. The lowest BCUT2D eigenvalue weighted by Gasteiger charge is -2.41. The van der Waals surface area contributed by atoms with Crippen LogP contribution in [-0.2, 0) is 34.9 Å². The minimum atomic E-state index is -5.28. The van der Waals surface area contributed by atoms with Crippen LogP contribution in [0.25, 0.3) is 0 Å². The number of Topliss-reactive ketones (excluding diaryl/α,β-unsaturated/α-hetero) is 1. The molecular formula is C23H28BrF3O7Si. The third-order valence-corrected chi connectivity index (χ3v) is 11.3. The quantitative estimate of drug-likeness (QED) is 0.322. The van der Waals surface area contributed by atoms with Crippen molar-refractivity contribution in [2.24, 2.45) is 0 Å². The number of halogens is 4. The van der Waals surface area contributed by atoms with Crippen LogP contribution < -0.4 is 4.74 Å². The Bertz CT molecular complexity index is 998. The summed E-state index contributed by atoms with van der Waals surface area (Å²) < 4.78 is 59.6. The molecule has 0 aromatic heterocycles. The maximum atomic E-state index is 13.1. The summed E-state index contributed by atoms with van der Waals surface area (Å²) in [6, 6.07) is 6.66. The fourth-order valence-electron chi connectivity index (χ4n) is 2.90. The zero-order valence-corrected chi connectivity index (χ0v) is 22.8. The molecule has 0 saturated heterocycles. The molecule has 1 aromatic carbocycles. The van der Waals surface area contributed by atoms with Gasteiger partial charge in [0.2, 0.25) is 5.78 Å². The molecular weight excluding hydrogens is 553 g/mol. The first-order valence-electron chi connectivity index (χ1n) is 10.7. The van der Waals surface area contributed by atoms with Gasteiger partial charge in [0.25, 0.3) is 0 Å². The smallest absolute Gasteiger partial charge is 0.490 e. The summed E-state index contributed by atoms with van der Waals surface area (Å²) in [4.78, 5) is 37.5. The predicted molar refractivity (Wildman–Crippen MR) is 126 cm³/mol. The van der Waals surface area contributed by atoms with Crippen molar-refractivity contribution in [3.8, 4) is 5.75 Å². The van der Waals surface area contributed by atoms with E-state index < -0.39 is 50.8 Å². The van der Waals surface area contributed by atoms with Gasteiger partial charge in [-0.3, -0.25) is 4.79 Å². The molecule has 2 atom stereocenters. The fraction of sp³-hybridized carbons (Fsp3) is 0.522. The molecule has 1 aliphatic carbocycles. The number of ketones is 1. The van der Waals surface area contributed by atoms with E-state index in [1.54, 1.807) is 37.4 Å². The van der Waals surface area contributed by atoms with Crippen LogP contribution in [0.5, 0.6) is 5.75 Å². The molecule has 1 aromatic rings. The van der Waals surface area contributed by atoms with E-state index in [4.69, 9.17) is 13.9 Å². The van der Waals surface area contributed by atoms with Gasteiger partial charge in [-0.25, -0.2) is 9.59 Å². The maximum Gasteiger partial charge on any atom is 0.490 e. The van der Waals surface area contributed by atoms with E-state index >= 15 is 0 Å². The second-order valence-electron chi connectivity index (χ2n) is 9.53. The first-order valence-corrected chi connectivity index (χ1v) is 14.4. The molecule has 0 saturated carbocycles. The number of carbonyl (C=O) groups excluding carboxylic acids is 3. The largest absolute Gasteiger partial charge is 0.497 e. The SMILES string of the molecule is COc1ccc(COC(=O)C2=C(Br)C(=O)[C@@H](O[Si](C)(C)C(C)(C)C)[C@H](OC(=O)C(F)(F)F)C2)cc1. The summed E-state index contributed by atoms with van der Waals surface area (Å²) in [7, 11) is -1.18. The number of ether oxygens (including phenoxy) is 3. The van der Waals surface area contributed by atoms with E-state index in [1.165, 1.54) is 7.11 Å². The molecule has 0 aliphatic heterocycles.